The van der Waals surface area contributed by atoms with Gasteiger partial charge >= 0.3 is 0 Å². The number of hydrogen-bond acceptors (Lipinski definition) is 3. The molecule has 3 saturated carbocycles. The molecule has 3 fully saturated rings. The topological polar surface area (TPSA) is 46.5 Å². The Kier molecular flexibility index (Phi) is 6.65. The molecule has 0 bridgehead atoms. The van der Waals surface area contributed by atoms with Crippen molar-refractivity contribution in [2.24, 2.45) is 34.0 Å². The van der Waals surface area contributed by atoms with Gasteiger partial charge in [0.05, 0.1) is 6.61 Å². The van der Waals surface area contributed by atoms with E-state index in [0.717, 1.165) is 50.5 Å². The van der Waals surface area contributed by atoms with Crippen molar-refractivity contribution in [1.82, 2.24) is 0 Å². The van der Waals surface area contributed by atoms with Crippen molar-refractivity contribution in [2.75, 3.05) is 0 Å². The predicted molar refractivity (Wildman–Crippen MR) is 145 cm³/mol. The number of fused-ring (bicyclic) bond motifs is 5. The molecule has 1 aromatic rings. The minimum Gasteiger partial charge on any atom is -0.365 e. The van der Waals surface area contributed by atoms with Gasteiger partial charge in [-0.05, 0) is 98.0 Å². The number of allylic oxidation sites excluding steroid dienone is 2. The van der Waals surface area contributed by atoms with Crippen molar-refractivity contribution in [2.45, 2.75) is 104 Å². The fraction of sp³-hybridized carbons (Fsp3) is 0.667. The maximum atomic E-state index is 13.0. The molecule has 0 aromatic heterocycles. The smallest absolute Gasteiger partial charge is 0.169 e. The van der Waals surface area contributed by atoms with E-state index >= 15 is 0 Å². The normalized spacial score (nSPS) is 41.6. The van der Waals surface area contributed by atoms with Crippen LogP contribution < -0.4 is 0 Å². The first-order chi connectivity index (χ1) is 17.1. The fourth-order valence-corrected chi connectivity index (χ4v) is 9.27. The molecule has 1 N–H and O–H groups in total. The van der Waals surface area contributed by atoms with Gasteiger partial charge in [0, 0.05) is 18.3 Å². The summed E-state index contributed by atoms with van der Waals surface area (Å²) < 4.78 is 6.19. The quantitative estimate of drug-likeness (QED) is 0.317. The highest BCUT2D eigenvalue weighted by molar-refractivity contribution is 5.84. The molecule has 0 radical (unpaired) electrons. The van der Waals surface area contributed by atoms with Crippen molar-refractivity contribution in [1.29, 1.82) is 0 Å². The molecule has 7 atom stereocenters. The minimum atomic E-state index is -1.08. The van der Waals surface area contributed by atoms with E-state index in [1.165, 1.54) is 17.6 Å². The third kappa shape index (κ3) is 3.88. The molecule has 3 unspecified atom stereocenters. The summed E-state index contributed by atoms with van der Waals surface area (Å²) in [7, 11) is 0. The van der Waals surface area contributed by atoms with E-state index in [1.54, 1.807) is 0 Å². The lowest BCUT2D eigenvalue weighted by Crippen LogP contribution is -2.55. The molecule has 3 nitrogen and oxygen atoms in total. The van der Waals surface area contributed by atoms with Gasteiger partial charge < -0.3 is 9.84 Å². The largest absolute Gasteiger partial charge is 0.365 e. The Labute approximate surface area is 218 Å². The number of Topliss-reactive ketones (excluding diaryl/α,β-unsaturated/α-hetero) is 1. The molecule has 0 heterocycles. The highest BCUT2D eigenvalue weighted by Crippen LogP contribution is 2.70. The van der Waals surface area contributed by atoms with Gasteiger partial charge in [0.2, 0.25) is 0 Å². The number of aryl methyl sites for hydroxylation is 1. The second-order valence-corrected chi connectivity index (χ2v) is 13.0. The zero-order valence-electron chi connectivity index (χ0n) is 22.9. The van der Waals surface area contributed by atoms with E-state index in [4.69, 9.17) is 4.74 Å². The van der Waals surface area contributed by atoms with Crippen LogP contribution in [0.2, 0.25) is 0 Å². The minimum absolute atomic E-state index is 0.0712. The van der Waals surface area contributed by atoms with Crippen molar-refractivity contribution in [3.8, 4) is 0 Å². The van der Waals surface area contributed by atoms with E-state index < -0.39 is 5.79 Å². The predicted octanol–water partition coefficient (Wildman–Crippen LogP) is 7.57. The summed E-state index contributed by atoms with van der Waals surface area (Å²) in [4.78, 5) is 13.0. The Balaban J connectivity index is 1.33. The summed E-state index contributed by atoms with van der Waals surface area (Å²) in [5, 5.41) is 11.5. The van der Waals surface area contributed by atoms with Crippen LogP contribution in [0.15, 0.2) is 48.6 Å². The van der Waals surface area contributed by atoms with Gasteiger partial charge in [-0.25, -0.2) is 0 Å². The molecule has 36 heavy (non-hydrogen) atoms. The average Bonchev–Trinajstić information content (AvgIpc) is 3.17. The Hall–Kier alpha value is -1.71. The summed E-state index contributed by atoms with van der Waals surface area (Å²) >= 11 is 0. The van der Waals surface area contributed by atoms with Crippen molar-refractivity contribution < 1.29 is 14.6 Å². The Morgan fingerprint density at radius 1 is 1.08 bits per heavy atom. The van der Waals surface area contributed by atoms with E-state index in [-0.39, 0.29) is 16.2 Å². The van der Waals surface area contributed by atoms with Crippen LogP contribution in [-0.4, -0.2) is 16.7 Å². The SMILES string of the molecule is C=CC[C@@]1(C(C)=O)CCC2C3CC=C4C[C@@](O)(OCc5ccc(CC)cc5)CC[C@]4(C)C3CC[C@@]21C. The van der Waals surface area contributed by atoms with E-state index in [1.807, 2.05) is 13.0 Å². The lowest BCUT2D eigenvalue weighted by atomic mass is 9.45. The van der Waals surface area contributed by atoms with Crippen LogP contribution >= 0.6 is 0 Å². The van der Waals surface area contributed by atoms with Crippen LogP contribution in [-0.2, 0) is 22.6 Å². The van der Waals surface area contributed by atoms with Crippen LogP contribution in [0.1, 0.15) is 96.6 Å². The number of ether oxygens (including phenoxy) is 1. The third-order valence-corrected chi connectivity index (χ3v) is 11.6. The van der Waals surface area contributed by atoms with Crippen molar-refractivity contribution >= 4 is 5.78 Å². The summed E-state index contributed by atoms with van der Waals surface area (Å²) in [5.41, 5.74) is 3.82. The standard InChI is InChI=1S/C33H46O3/c1-6-16-32(23(3)34)18-15-29-27-13-12-26-21-33(35,36-22-25-10-8-24(7-2)9-11-25)20-19-30(26,4)28(27)14-17-31(29,32)5/h6,8-12,27-29,35H,1,7,13-22H2,2-5H3/t27?,28?,29?,30-,31-,32-,33-/m0/s1. The molecule has 3 heteroatoms. The maximum absolute atomic E-state index is 13.0. The van der Waals surface area contributed by atoms with Crippen molar-refractivity contribution in [3.63, 3.8) is 0 Å². The first-order valence-corrected chi connectivity index (χ1v) is 14.4. The Morgan fingerprint density at radius 3 is 2.44 bits per heavy atom. The van der Waals surface area contributed by atoms with Crippen LogP contribution in [0.25, 0.3) is 0 Å². The third-order valence-electron chi connectivity index (χ3n) is 11.6. The summed E-state index contributed by atoms with van der Waals surface area (Å²) in [6.45, 7) is 13.3. The van der Waals surface area contributed by atoms with Gasteiger partial charge in [0.25, 0.3) is 0 Å². The van der Waals surface area contributed by atoms with E-state index in [2.05, 4.69) is 57.7 Å². The first-order valence-electron chi connectivity index (χ1n) is 14.4. The van der Waals surface area contributed by atoms with Gasteiger partial charge in [-0.3, -0.25) is 4.79 Å². The molecule has 0 spiro atoms. The van der Waals surface area contributed by atoms with E-state index in [0.29, 0.717) is 43.0 Å². The lowest BCUT2D eigenvalue weighted by molar-refractivity contribution is -0.231. The van der Waals surface area contributed by atoms with Crippen molar-refractivity contribution in [3.05, 3.63) is 59.7 Å². The Morgan fingerprint density at radius 2 is 1.78 bits per heavy atom. The number of ketones is 1. The second kappa shape index (κ2) is 9.24. The van der Waals surface area contributed by atoms with E-state index in [9.17, 15) is 9.90 Å². The molecule has 0 aliphatic heterocycles. The van der Waals surface area contributed by atoms with Crippen LogP contribution in [0.5, 0.6) is 0 Å². The molecular weight excluding hydrogens is 444 g/mol. The zero-order chi connectivity index (χ0) is 25.8. The highest BCUT2D eigenvalue weighted by Gasteiger charge is 2.65. The van der Waals surface area contributed by atoms with Gasteiger partial charge in [-0.2, -0.15) is 0 Å². The van der Waals surface area contributed by atoms with Crippen LogP contribution in [0.3, 0.4) is 0 Å². The zero-order valence-corrected chi connectivity index (χ0v) is 22.9. The number of hydrogen-bond donors (Lipinski definition) is 1. The molecule has 0 saturated heterocycles. The number of benzene rings is 1. The fourth-order valence-electron chi connectivity index (χ4n) is 9.27. The first kappa shape index (κ1) is 25.9. The molecular formula is C33H46O3. The Bertz CT molecular complexity index is 1040. The van der Waals surface area contributed by atoms with Gasteiger partial charge in [-0.15, -0.1) is 6.58 Å². The second-order valence-electron chi connectivity index (χ2n) is 13.0. The highest BCUT2D eigenvalue weighted by atomic mass is 16.6. The summed E-state index contributed by atoms with van der Waals surface area (Å²) in [5.74, 6) is 1.15. The maximum Gasteiger partial charge on any atom is 0.169 e. The molecule has 196 valence electrons. The van der Waals surface area contributed by atoms with Crippen LogP contribution in [0.4, 0.5) is 0 Å². The summed E-state index contributed by atoms with van der Waals surface area (Å²) in [6.07, 6.45) is 14.1. The van der Waals surface area contributed by atoms with Gasteiger partial charge in [-0.1, -0.05) is 62.8 Å². The molecule has 0 amide bonds. The molecule has 4 aliphatic rings. The lowest BCUT2D eigenvalue weighted by Gasteiger charge is -2.60. The number of carbonyl (C=O) groups is 1. The molecule has 1 aromatic carbocycles. The monoisotopic (exact) mass is 490 g/mol. The number of carbonyl (C=O) groups excluding carboxylic acids is 1. The van der Waals surface area contributed by atoms with Crippen LogP contribution in [0, 0.1) is 34.0 Å². The van der Waals surface area contributed by atoms with Gasteiger partial charge in [0.15, 0.2) is 5.79 Å². The summed E-state index contributed by atoms with van der Waals surface area (Å²) in [6, 6.07) is 8.54. The molecule has 5 rings (SSSR count). The molecule has 4 aliphatic carbocycles. The van der Waals surface area contributed by atoms with Gasteiger partial charge in [0.1, 0.15) is 5.78 Å². The average molecular weight is 491 g/mol. The number of rotatable bonds is 7. The number of aliphatic hydroxyl groups is 1.